The van der Waals surface area contributed by atoms with Crippen molar-refractivity contribution < 1.29 is 19.1 Å². The van der Waals surface area contributed by atoms with Gasteiger partial charge in [-0.05, 0) is 32.9 Å². The zero-order chi connectivity index (χ0) is 15.8. The second-order valence-electron chi connectivity index (χ2n) is 5.10. The number of methoxy groups -OCH3 is 1. The topological polar surface area (TPSA) is 55.8 Å². The van der Waals surface area contributed by atoms with Crippen molar-refractivity contribution in [2.45, 2.75) is 33.2 Å². The van der Waals surface area contributed by atoms with Crippen molar-refractivity contribution in [3.8, 4) is 5.75 Å². The van der Waals surface area contributed by atoms with Gasteiger partial charge in [0.25, 0.3) is 0 Å². The van der Waals surface area contributed by atoms with Crippen LogP contribution in [0.2, 0.25) is 0 Å². The van der Waals surface area contributed by atoms with Gasteiger partial charge in [-0.2, -0.15) is 0 Å². The minimum Gasteiger partial charge on any atom is -0.493 e. The first-order chi connectivity index (χ1) is 9.93. The van der Waals surface area contributed by atoms with Crippen molar-refractivity contribution in [1.82, 2.24) is 4.90 Å². The zero-order valence-corrected chi connectivity index (χ0v) is 13.1. The molecule has 116 valence electrons. The SMILES string of the molecule is COC(=O)CN(C(=O)CCOc1ccc(C)cc1)C(C)C. The molecule has 0 unspecified atom stereocenters. The largest absolute Gasteiger partial charge is 0.493 e. The predicted octanol–water partition coefficient (Wildman–Crippen LogP) is 2.17. The van der Waals surface area contributed by atoms with E-state index in [9.17, 15) is 9.59 Å². The van der Waals surface area contributed by atoms with Crippen LogP contribution in [-0.4, -0.2) is 43.1 Å². The number of carbonyl (C=O) groups is 2. The molecule has 0 saturated heterocycles. The fourth-order valence-electron chi connectivity index (χ4n) is 1.80. The first-order valence-corrected chi connectivity index (χ1v) is 6.99. The quantitative estimate of drug-likeness (QED) is 0.723. The number of benzene rings is 1. The molecule has 1 aromatic rings. The number of nitrogens with zero attached hydrogens (tertiary/aromatic N) is 1. The fourth-order valence-corrected chi connectivity index (χ4v) is 1.80. The molecule has 0 aromatic heterocycles. The van der Waals surface area contributed by atoms with Gasteiger partial charge in [0, 0.05) is 6.04 Å². The molecule has 0 N–H and O–H groups in total. The van der Waals surface area contributed by atoms with E-state index in [1.54, 1.807) is 0 Å². The van der Waals surface area contributed by atoms with Crippen LogP contribution < -0.4 is 4.74 Å². The number of aryl methyl sites for hydroxylation is 1. The third-order valence-electron chi connectivity index (χ3n) is 3.08. The lowest BCUT2D eigenvalue weighted by Gasteiger charge is -2.25. The smallest absolute Gasteiger partial charge is 0.325 e. The standard InChI is InChI=1S/C16H23NO4/c1-12(2)17(11-16(19)20-4)15(18)9-10-21-14-7-5-13(3)6-8-14/h5-8,12H,9-11H2,1-4H3. The van der Waals surface area contributed by atoms with Crippen LogP contribution in [0.1, 0.15) is 25.8 Å². The third kappa shape index (κ3) is 5.85. The Bertz CT molecular complexity index is 468. The Kier molecular flexibility index (Phi) is 6.72. The number of esters is 1. The lowest BCUT2D eigenvalue weighted by molar-refractivity contribution is -0.148. The van der Waals surface area contributed by atoms with Crippen LogP contribution in [0.5, 0.6) is 5.75 Å². The Morgan fingerprint density at radius 3 is 2.33 bits per heavy atom. The van der Waals surface area contributed by atoms with Gasteiger partial charge in [0.1, 0.15) is 12.3 Å². The second kappa shape index (κ2) is 8.29. The van der Waals surface area contributed by atoms with E-state index >= 15 is 0 Å². The second-order valence-corrected chi connectivity index (χ2v) is 5.10. The maximum Gasteiger partial charge on any atom is 0.325 e. The molecule has 0 spiro atoms. The molecule has 21 heavy (non-hydrogen) atoms. The van der Waals surface area contributed by atoms with Gasteiger partial charge in [-0.25, -0.2) is 0 Å². The van der Waals surface area contributed by atoms with Gasteiger partial charge in [-0.15, -0.1) is 0 Å². The van der Waals surface area contributed by atoms with Crippen molar-refractivity contribution in [2.24, 2.45) is 0 Å². The van der Waals surface area contributed by atoms with Crippen LogP contribution in [0.3, 0.4) is 0 Å². The average Bonchev–Trinajstić information content (AvgIpc) is 2.46. The average molecular weight is 293 g/mol. The van der Waals surface area contributed by atoms with Crippen LogP contribution in [-0.2, 0) is 14.3 Å². The molecule has 0 radical (unpaired) electrons. The number of carbonyl (C=O) groups excluding carboxylic acids is 2. The highest BCUT2D eigenvalue weighted by atomic mass is 16.5. The molecule has 0 aliphatic rings. The first kappa shape index (κ1) is 17.0. The molecule has 1 rings (SSSR count). The minimum atomic E-state index is -0.420. The zero-order valence-electron chi connectivity index (χ0n) is 13.1. The van der Waals surface area contributed by atoms with Crippen LogP contribution >= 0.6 is 0 Å². The summed E-state index contributed by atoms with van der Waals surface area (Å²) >= 11 is 0. The molecule has 0 aliphatic heterocycles. The van der Waals surface area contributed by atoms with E-state index < -0.39 is 5.97 Å². The summed E-state index contributed by atoms with van der Waals surface area (Å²) < 4.78 is 10.1. The summed E-state index contributed by atoms with van der Waals surface area (Å²) in [4.78, 5) is 24.9. The summed E-state index contributed by atoms with van der Waals surface area (Å²) in [6, 6.07) is 7.59. The van der Waals surface area contributed by atoms with E-state index in [1.807, 2.05) is 45.0 Å². The maximum absolute atomic E-state index is 12.1. The van der Waals surface area contributed by atoms with Crippen molar-refractivity contribution in [3.05, 3.63) is 29.8 Å². The summed E-state index contributed by atoms with van der Waals surface area (Å²) in [5, 5.41) is 0. The monoisotopic (exact) mass is 293 g/mol. The molecule has 0 fully saturated rings. The van der Waals surface area contributed by atoms with Gasteiger partial charge in [0.15, 0.2) is 0 Å². The summed E-state index contributed by atoms with van der Waals surface area (Å²) in [6.45, 7) is 5.98. The Balaban J connectivity index is 2.46. The van der Waals surface area contributed by atoms with Crippen LogP contribution in [0.4, 0.5) is 0 Å². The number of hydrogen-bond acceptors (Lipinski definition) is 4. The summed E-state index contributed by atoms with van der Waals surface area (Å²) in [5.41, 5.74) is 1.16. The number of ether oxygens (including phenoxy) is 2. The van der Waals surface area contributed by atoms with Gasteiger partial charge in [0.05, 0.1) is 20.1 Å². The highest BCUT2D eigenvalue weighted by Crippen LogP contribution is 2.12. The molecular formula is C16H23NO4. The molecule has 1 amide bonds. The molecule has 1 aromatic carbocycles. The van der Waals surface area contributed by atoms with E-state index in [1.165, 1.54) is 12.0 Å². The van der Waals surface area contributed by atoms with E-state index in [0.29, 0.717) is 0 Å². The van der Waals surface area contributed by atoms with E-state index in [-0.39, 0.29) is 31.5 Å². The van der Waals surface area contributed by atoms with Crippen molar-refractivity contribution >= 4 is 11.9 Å². The summed E-state index contributed by atoms with van der Waals surface area (Å²) in [6.07, 6.45) is 0.225. The van der Waals surface area contributed by atoms with Gasteiger partial charge >= 0.3 is 5.97 Å². The van der Waals surface area contributed by atoms with Crippen molar-refractivity contribution in [3.63, 3.8) is 0 Å². The number of rotatable bonds is 7. The Hall–Kier alpha value is -2.04. The number of amides is 1. The Morgan fingerprint density at radius 2 is 1.81 bits per heavy atom. The first-order valence-electron chi connectivity index (χ1n) is 6.99. The highest BCUT2D eigenvalue weighted by Gasteiger charge is 2.20. The van der Waals surface area contributed by atoms with Crippen molar-refractivity contribution in [2.75, 3.05) is 20.3 Å². The number of hydrogen-bond donors (Lipinski definition) is 0. The molecule has 5 heteroatoms. The maximum atomic E-state index is 12.1. The van der Waals surface area contributed by atoms with Crippen LogP contribution in [0, 0.1) is 6.92 Å². The van der Waals surface area contributed by atoms with E-state index in [2.05, 4.69) is 4.74 Å². The molecule has 0 atom stereocenters. The predicted molar refractivity (Wildman–Crippen MR) is 80.2 cm³/mol. The Morgan fingerprint density at radius 1 is 1.19 bits per heavy atom. The molecule has 0 saturated carbocycles. The summed E-state index contributed by atoms with van der Waals surface area (Å²) in [7, 11) is 1.31. The van der Waals surface area contributed by atoms with Gasteiger partial charge in [-0.1, -0.05) is 17.7 Å². The fraction of sp³-hybridized carbons (Fsp3) is 0.500. The van der Waals surface area contributed by atoms with Gasteiger partial charge in [0.2, 0.25) is 5.91 Å². The Labute approximate surface area is 125 Å². The molecule has 0 bridgehead atoms. The molecular weight excluding hydrogens is 270 g/mol. The molecule has 5 nitrogen and oxygen atoms in total. The lowest BCUT2D eigenvalue weighted by Crippen LogP contribution is -2.41. The molecule has 0 aliphatic carbocycles. The van der Waals surface area contributed by atoms with Crippen LogP contribution in [0.25, 0.3) is 0 Å². The van der Waals surface area contributed by atoms with Crippen molar-refractivity contribution in [1.29, 1.82) is 0 Å². The summed E-state index contributed by atoms with van der Waals surface area (Å²) in [5.74, 6) is 0.191. The van der Waals surface area contributed by atoms with Crippen LogP contribution in [0.15, 0.2) is 24.3 Å². The van der Waals surface area contributed by atoms with E-state index in [0.717, 1.165) is 11.3 Å². The normalized spacial score (nSPS) is 10.3. The van der Waals surface area contributed by atoms with E-state index in [4.69, 9.17) is 4.74 Å². The lowest BCUT2D eigenvalue weighted by atomic mass is 10.2. The highest BCUT2D eigenvalue weighted by molar-refractivity contribution is 5.82. The van der Waals surface area contributed by atoms with Gasteiger partial charge < -0.3 is 14.4 Å². The minimum absolute atomic E-state index is 0.0302. The molecule has 0 heterocycles. The van der Waals surface area contributed by atoms with Gasteiger partial charge in [-0.3, -0.25) is 9.59 Å². The third-order valence-corrected chi connectivity index (χ3v) is 3.08.